The Morgan fingerprint density at radius 3 is 2.64 bits per heavy atom. The van der Waals surface area contributed by atoms with E-state index in [1.54, 1.807) is 29.4 Å². The van der Waals surface area contributed by atoms with E-state index in [-0.39, 0.29) is 18.0 Å². The predicted octanol–water partition coefficient (Wildman–Crippen LogP) is 3.76. The van der Waals surface area contributed by atoms with E-state index >= 15 is 0 Å². The number of hydrogen-bond donors (Lipinski definition) is 1. The maximum Gasteiger partial charge on any atom is 0.256 e. The van der Waals surface area contributed by atoms with Gasteiger partial charge in [-0.2, -0.15) is 0 Å². The number of aromatic nitrogens is 2. The molecule has 1 amide bonds. The zero-order chi connectivity index (χ0) is 20.3. The first-order valence-corrected chi connectivity index (χ1v) is 9.30. The molecule has 0 unspecified atom stereocenters. The van der Waals surface area contributed by atoms with Gasteiger partial charge in [0, 0.05) is 34.4 Å². The van der Waals surface area contributed by atoms with Gasteiger partial charge in [0.1, 0.15) is 5.75 Å². The number of rotatable bonds is 5. The van der Waals surface area contributed by atoms with Crippen molar-refractivity contribution in [3.8, 4) is 5.75 Å². The minimum atomic E-state index is -0.471. The fraction of sp³-hybridized carbons (Fsp3) is 0.318. The molecular weight excluding hydrogens is 354 g/mol. The minimum Gasteiger partial charge on any atom is -0.494 e. The number of fused-ring (bicyclic) bond motifs is 1. The van der Waals surface area contributed by atoms with Gasteiger partial charge in [-0.3, -0.25) is 14.6 Å². The van der Waals surface area contributed by atoms with E-state index in [2.05, 4.69) is 9.97 Å². The van der Waals surface area contributed by atoms with Crippen molar-refractivity contribution in [2.45, 2.75) is 39.8 Å². The van der Waals surface area contributed by atoms with Crippen LogP contribution in [0.3, 0.4) is 0 Å². The number of benzene rings is 1. The molecule has 0 aliphatic rings. The molecule has 6 heteroatoms. The molecule has 28 heavy (non-hydrogen) atoms. The van der Waals surface area contributed by atoms with Crippen molar-refractivity contribution in [2.24, 2.45) is 0 Å². The molecule has 0 atom stereocenters. The van der Waals surface area contributed by atoms with Crippen molar-refractivity contribution < 1.29 is 9.53 Å². The number of carbonyl (C=O) groups excluding carboxylic acids is 1. The topological polar surface area (TPSA) is 75.3 Å². The van der Waals surface area contributed by atoms with Gasteiger partial charge in [-0.15, -0.1) is 0 Å². The summed E-state index contributed by atoms with van der Waals surface area (Å²) in [6.45, 7) is 8.53. The number of carbonyl (C=O) groups is 1. The number of nitrogens with one attached hydrogen (secondary N) is 1. The highest BCUT2D eigenvalue weighted by atomic mass is 16.5. The second-order valence-corrected chi connectivity index (χ2v) is 7.61. The van der Waals surface area contributed by atoms with Gasteiger partial charge in [0.05, 0.1) is 18.7 Å². The third-order valence-corrected chi connectivity index (χ3v) is 4.50. The lowest BCUT2D eigenvalue weighted by Gasteiger charge is -2.35. The lowest BCUT2D eigenvalue weighted by atomic mass is 10.0. The van der Waals surface area contributed by atoms with E-state index in [4.69, 9.17) is 4.74 Å². The van der Waals surface area contributed by atoms with E-state index in [9.17, 15) is 9.59 Å². The average Bonchev–Trinajstić information content (AvgIpc) is 2.66. The summed E-state index contributed by atoms with van der Waals surface area (Å²) in [7, 11) is 0. The summed E-state index contributed by atoms with van der Waals surface area (Å²) in [5.74, 6) is 0.579. The number of amides is 1. The van der Waals surface area contributed by atoms with Gasteiger partial charge in [0.15, 0.2) is 0 Å². The molecule has 0 bridgehead atoms. The Morgan fingerprint density at radius 2 is 2.00 bits per heavy atom. The molecule has 6 nitrogen and oxygen atoms in total. The van der Waals surface area contributed by atoms with E-state index in [0.717, 1.165) is 16.7 Å². The van der Waals surface area contributed by atoms with Crippen LogP contribution >= 0.6 is 0 Å². The first-order valence-electron chi connectivity index (χ1n) is 9.30. The molecule has 3 rings (SSSR count). The van der Waals surface area contributed by atoms with Gasteiger partial charge in [0.25, 0.3) is 11.5 Å². The largest absolute Gasteiger partial charge is 0.494 e. The van der Waals surface area contributed by atoms with Gasteiger partial charge in [-0.1, -0.05) is 0 Å². The van der Waals surface area contributed by atoms with Crippen molar-refractivity contribution in [2.75, 3.05) is 6.61 Å². The second-order valence-electron chi connectivity index (χ2n) is 7.61. The summed E-state index contributed by atoms with van der Waals surface area (Å²) in [4.78, 5) is 34.3. The van der Waals surface area contributed by atoms with Gasteiger partial charge in [-0.05, 0) is 64.1 Å². The zero-order valence-corrected chi connectivity index (χ0v) is 16.7. The summed E-state index contributed by atoms with van der Waals surface area (Å²) >= 11 is 0. The van der Waals surface area contributed by atoms with Crippen LogP contribution in [0.4, 0.5) is 0 Å². The van der Waals surface area contributed by atoms with E-state index in [1.807, 2.05) is 52.0 Å². The number of H-pyrrole nitrogens is 1. The third-order valence-electron chi connectivity index (χ3n) is 4.50. The van der Waals surface area contributed by atoms with Crippen molar-refractivity contribution in [1.29, 1.82) is 0 Å². The molecule has 0 spiro atoms. The third kappa shape index (κ3) is 4.22. The fourth-order valence-corrected chi connectivity index (χ4v) is 3.03. The first kappa shape index (κ1) is 19.6. The lowest BCUT2D eigenvalue weighted by Crippen LogP contribution is -2.46. The number of ether oxygens (including phenoxy) is 1. The van der Waals surface area contributed by atoms with Crippen LogP contribution in [0.2, 0.25) is 0 Å². The molecule has 0 fully saturated rings. The minimum absolute atomic E-state index is 0.164. The Morgan fingerprint density at radius 1 is 1.21 bits per heavy atom. The van der Waals surface area contributed by atoms with E-state index in [0.29, 0.717) is 17.7 Å². The Bertz CT molecular complexity index is 1040. The number of pyridine rings is 2. The standard InChI is InChI=1S/C22H25N3O3/c1-5-28-18-8-9-19-16(12-18)11-17(20(26)24-19)14-25(22(2,3)4)21(27)15-7-6-10-23-13-15/h6-13H,5,14H2,1-4H3,(H,24,26). The molecule has 2 aromatic heterocycles. The summed E-state index contributed by atoms with van der Waals surface area (Å²) in [6, 6.07) is 10.8. The van der Waals surface area contributed by atoms with E-state index < -0.39 is 5.54 Å². The lowest BCUT2D eigenvalue weighted by molar-refractivity contribution is 0.0557. The van der Waals surface area contributed by atoms with Crippen LogP contribution in [-0.4, -0.2) is 32.9 Å². The molecule has 0 aliphatic heterocycles. The SMILES string of the molecule is CCOc1ccc2[nH]c(=O)c(CN(C(=O)c3cccnc3)C(C)(C)C)cc2c1. The molecule has 0 saturated heterocycles. The zero-order valence-electron chi connectivity index (χ0n) is 16.7. The Labute approximate surface area is 164 Å². The van der Waals surface area contributed by atoms with E-state index in [1.165, 1.54) is 0 Å². The van der Waals surface area contributed by atoms with Crippen LogP contribution in [-0.2, 0) is 6.54 Å². The molecule has 0 aliphatic carbocycles. The summed E-state index contributed by atoms with van der Waals surface area (Å²) < 4.78 is 5.55. The second kappa shape index (κ2) is 7.84. The van der Waals surface area contributed by atoms with Crippen LogP contribution in [0.5, 0.6) is 5.75 Å². The van der Waals surface area contributed by atoms with Crippen LogP contribution in [0, 0.1) is 0 Å². The van der Waals surface area contributed by atoms with Gasteiger partial charge >= 0.3 is 0 Å². The van der Waals surface area contributed by atoms with Crippen LogP contribution in [0.15, 0.2) is 53.6 Å². The molecule has 3 aromatic rings. The Kier molecular flexibility index (Phi) is 5.49. The fourth-order valence-electron chi connectivity index (χ4n) is 3.03. The van der Waals surface area contributed by atoms with Crippen molar-refractivity contribution in [3.63, 3.8) is 0 Å². The molecule has 2 heterocycles. The maximum absolute atomic E-state index is 13.1. The van der Waals surface area contributed by atoms with Crippen LogP contribution in [0.1, 0.15) is 43.6 Å². The Balaban J connectivity index is 2.00. The average molecular weight is 379 g/mol. The maximum atomic E-state index is 13.1. The first-order chi connectivity index (χ1) is 13.3. The highest BCUT2D eigenvalue weighted by molar-refractivity contribution is 5.94. The molecule has 1 N–H and O–H groups in total. The Hall–Kier alpha value is -3.15. The molecular formula is C22H25N3O3. The molecule has 146 valence electrons. The smallest absolute Gasteiger partial charge is 0.256 e. The normalized spacial score (nSPS) is 11.4. The molecule has 0 radical (unpaired) electrons. The highest BCUT2D eigenvalue weighted by Crippen LogP contribution is 2.23. The monoisotopic (exact) mass is 379 g/mol. The van der Waals surface area contributed by atoms with Crippen LogP contribution < -0.4 is 10.3 Å². The number of hydrogen-bond acceptors (Lipinski definition) is 4. The quantitative estimate of drug-likeness (QED) is 0.732. The summed E-state index contributed by atoms with van der Waals surface area (Å²) in [5, 5.41) is 0.864. The highest BCUT2D eigenvalue weighted by Gasteiger charge is 2.28. The van der Waals surface area contributed by atoms with Crippen molar-refractivity contribution >= 4 is 16.8 Å². The summed E-state index contributed by atoms with van der Waals surface area (Å²) in [5.41, 5.74) is 1.08. The number of nitrogens with zero attached hydrogens (tertiary/aromatic N) is 2. The molecule has 1 aromatic carbocycles. The molecule has 0 saturated carbocycles. The van der Waals surface area contributed by atoms with Crippen LogP contribution in [0.25, 0.3) is 10.9 Å². The predicted molar refractivity (Wildman–Crippen MR) is 110 cm³/mol. The van der Waals surface area contributed by atoms with Gasteiger partial charge in [-0.25, -0.2) is 0 Å². The van der Waals surface area contributed by atoms with Crippen molar-refractivity contribution in [3.05, 3.63) is 70.3 Å². The summed E-state index contributed by atoms with van der Waals surface area (Å²) in [6.07, 6.45) is 3.17. The number of aromatic amines is 1. The van der Waals surface area contributed by atoms with Gasteiger partial charge in [0.2, 0.25) is 0 Å². The van der Waals surface area contributed by atoms with Gasteiger partial charge < -0.3 is 14.6 Å². The van der Waals surface area contributed by atoms with Crippen molar-refractivity contribution in [1.82, 2.24) is 14.9 Å².